The van der Waals surface area contributed by atoms with E-state index in [1.807, 2.05) is 0 Å². The van der Waals surface area contributed by atoms with Crippen molar-refractivity contribution in [1.82, 2.24) is 0 Å². The second-order valence-corrected chi connectivity index (χ2v) is 10.9. The van der Waals surface area contributed by atoms with Crippen molar-refractivity contribution < 1.29 is 93.7 Å². The lowest BCUT2D eigenvalue weighted by atomic mass is 9.95. The maximum absolute atomic E-state index is 13.0. The van der Waals surface area contributed by atoms with E-state index < -0.39 is 116 Å². The molecule has 4 aromatic carbocycles. The molecule has 0 aromatic heterocycles. The lowest BCUT2D eigenvalue weighted by molar-refractivity contribution is -0.144. The van der Waals surface area contributed by atoms with E-state index in [-0.39, 0.29) is 48.5 Å². The van der Waals surface area contributed by atoms with Gasteiger partial charge in [-0.2, -0.15) is 79.0 Å². The molecule has 0 unspecified atom stereocenters. The van der Waals surface area contributed by atoms with E-state index >= 15 is 0 Å². The summed E-state index contributed by atoms with van der Waals surface area (Å²) in [4.78, 5) is 22.2. The highest BCUT2D eigenvalue weighted by Gasteiger charge is 2.39. The summed E-state index contributed by atoms with van der Waals surface area (Å²) in [5.74, 6) is -3.16. The number of primary amides is 1. The Kier molecular flexibility index (Phi) is 11.5. The molecular weight excluding hydrogens is 788 g/mol. The van der Waals surface area contributed by atoms with Crippen molar-refractivity contribution in [1.29, 1.82) is 0 Å². The van der Waals surface area contributed by atoms with E-state index in [0.717, 1.165) is 0 Å². The first-order valence-electron chi connectivity index (χ1n) is 13.8. The fourth-order valence-corrected chi connectivity index (χ4v) is 4.42. The normalized spacial score (nSPS) is 12.9. The molecule has 4 nitrogen and oxygen atoms in total. The molecule has 0 atom stereocenters. The topological polar surface area (TPSA) is 80.4 Å². The van der Waals surface area contributed by atoms with Gasteiger partial charge in [0.2, 0.25) is 5.91 Å². The first-order valence-corrected chi connectivity index (χ1v) is 13.8. The lowest BCUT2D eigenvalue weighted by Crippen LogP contribution is -2.14. The molecule has 0 heterocycles. The average molecular weight is 803 g/mol. The van der Waals surface area contributed by atoms with Crippen LogP contribution < -0.4 is 5.73 Å². The number of carboxylic acid groups (broad SMARTS) is 1. The van der Waals surface area contributed by atoms with E-state index in [4.69, 9.17) is 10.8 Å². The molecule has 0 spiro atoms. The number of carbonyl (C=O) groups excluding carboxylic acids is 1. The highest BCUT2D eigenvalue weighted by atomic mass is 19.4. The van der Waals surface area contributed by atoms with Crippen LogP contribution in [0.5, 0.6) is 0 Å². The highest BCUT2D eigenvalue weighted by Crippen LogP contribution is 2.42. The minimum Gasteiger partial charge on any atom is -0.478 e. The van der Waals surface area contributed by atoms with Crippen LogP contribution in [-0.4, -0.2) is 17.0 Å². The molecule has 0 bridgehead atoms. The summed E-state index contributed by atoms with van der Waals surface area (Å²) in [5, 5.41) is 8.89. The Morgan fingerprint density at radius 3 is 0.778 bits per heavy atom. The SMILES string of the molecule is NC(=O)c1cc(-c2cc(C(F)(F)F)cc(C(F)(F)F)c2)cc(C(F)(F)F)c1.O=C(O)c1cc(-c2cc(C(F)(F)F)cc(C(F)(F)F)c2)cc(C(F)(F)F)c1. The molecule has 0 saturated carbocycles. The standard InChI is InChI=1S/C16H8F9NO.C16H7F9O2/c2*17-14(18,19)10-2-7(1-9(5-10)13(26)27)8-3-11(15(20,21)22)6-12(4-8)16(23,24)25/h1-6H,(H2,26,27);1-6H,(H,26,27). The van der Waals surface area contributed by atoms with Crippen LogP contribution in [0.15, 0.2) is 72.8 Å². The molecule has 0 aliphatic heterocycles. The molecular formula is C32H15F18NO3. The van der Waals surface area contributed by atoms with Crippen molar-refractivity contribution in [3.8, 4) is 22.3 Å². The minimum atomic E-state index is -5.20. The van der Waals surface area contributed by atoms with Crippen molar-refractivity contribution in [3.63, 3.8) is 0 Å². The maximum atomic E-state index is 13.0. The molecule has 1 amide bonds. The summed E-state index contributed by atoms with van der Waals surface area (Å²) in [7, 11) is 0. The van der Waals surface area contributed by atoms with Gasteiger partial charge in [0.25, 0.3) is 0 Å². The van der Waals surface area contributed by atoms with Crippen molar-refractivity contribution in [2.24, 2.45) is 5.73 Å². The number of nitrogens with two attached hydrogens (primary N) is 1. The van der Waals surface area contributed by atoms with Gasteiger partial charge in [0.1, 0.15) is 0 Å². The molecule has 0 fully saturated rings. The average Bonchev–Trinajstić information content (AvgIpc) is 3.01. The Bertz CT molecular complexity index is 1840. The zero-order valence-electron chi connectivity index (χ0n) is 25.6. The van der Waals surface area contributed by atoms with Crippen LogP contribution in [0.25, 0.3) is 22.3 Å². The number of hydrogen-bond donors (Lipinski definition) is 2. The first-order chi connectivity index (χ1) is 24.2. The second kappa shape index (κ2) is 14.4. The van der Waals surface area contributed by atoms with Crippen LogP contribution in [0.1, 0.15) is 54.1 Å². The van der Waals surface area contributed by atoms with Gasteiger partial charge >= 0.3 is 43.0 Å². The van der Waals surface area contributed by atoms with Crippen LogP contribution in [-0.2, 0) is 37.1 Å². The Hall–Kier alpha value is -5.44. The van der Waals surface area contributed by atoms with Crippen LogP contribution >= 0.6 is 0 Å². The van der Waals surface area contributed by atoms with Crippen molar-refractivity contribution in [2.75, 3.05) is 0 Å². The number of benzene rings is 4. The Morgan fingerprint density at radius 1 is 0.352 bits per heavy atom. The highest BCUT2D eigenvalue weighted by molar-refractivity contribution is 5.94. The zero-order chi connectivity index (χ0) is 41.6. The predicted octanol–water partition coefficient (Wildman–Crippen LogP) is 11.6. The minimum absolute atomic E-state index is 0.161. The third kappa shape index (κ3) is 10.8. The second-order valence-electron chi connectivity index (χ2n) is 10.9. The summed E-state index contributed by atoms with van der Waals surface area (Å²) >= 11 is 0. The third-order valence-corrected chi connectivity index (χ3v) is 6.89. The molecule has 0 aliphatic rings. The van der Waals surface area contributed by atoms with Crippen LogP contribution in [0, 0.1) is 0 Å². The number of rotatable bonds is 4. The fraction of sp³-hybridized carbons (Fsp3) is 0.188. The molecule has 0 radical (unpaired) electrons. The summed E-state index contributed by atoms with van der Waals surface area (Å²) in [5.41, 5.74) is -9.67. The predicted molar refractivity (Wildman–Crippen MR) is 149 cm³/mol. The molecule has 54 heavy (non-hydrogen) atoms. The molecule has 292 valence electrons. The molecule has 4 aromatic rings. The van der Waals surface area contributed by atoms with Gasteiger partial charge in [-0.15, -0.1) is 0 Å². The smallest absolute Gasteiger partial charge is 0.416 e. The third-order valence-electron chi connectivity index (χ3n) is 6.89. The monoisotopic (exact) mass is 803 g/mol. The van der Waals surface area contributed by atoms with Crippen molar-refractivity contribution in [2.45, 2.75) is 37.1 Å². The number of carbonyl (C=O) groups is 2. The van der Waals surface area contributed by atoms with Crippen LogP contribution in [0.4, 0.5) is 79.0 Å². The quantitative estimate of drug-likeness (QED) is 0.202. The number of amides is 1. The van der Waals surface area contributed by atoms with Gasteiger partial charge in [0.15, 0.2) is 0 Å². The van der Waals surface area contributed by atoms with E-state index in [9.17, 15) is 88.6 Å². The summed E-state index contributed by atoms with van der Waals surface area (Å²) < 4.78 is 232. The van der Waals surface area contributed by atoms with E-state index in [1.54, 1.807) is 0 Å². The fourth-order valence-electron chi connectivity index (χ4n) is 4.42. The molecule has 0 aliphatic carbocycles. The summed E-state index contributed by atoms with van der Waals surface area (Å²) in [6.07, 6.45) is -30.8. The van der Waals surface area contributed by atoms with Gasteiger partial charge in [-0.25, -0.2) is 4.79 Å². The number of alkyl halides is 18. The van der Waals surface area contributed by atoms with Gasteiger partial charge in [-0.3, -0.25) is 4.79 Å². The first kappa shape index (κ1) is 43.0. The number of halogens is 18. The largest absolute Gasteiger partial charge is 0.478 e. The number of hydrogen-bond acceptors (Lipinski definition) is 2. The number of aromatic carboxylic acids is 1. The Balaban J connectivity index is 0.000000290. The summed E-state index contributed by atoms with van der Waals surface area (Å²) in [6.45, 7) is 0. The van der Waals surface area contributed by atoms with E-state index in [2.05, 4.69) is 0 Å². The Labute approximate surface area is 288 Å². The maximum Gasteiger partial charge on any atom is 0.416 e. The van der Waals surface area contributed by atoms with Crippen LogP contribution in [0.2, 0.25) is 0 Å². The van der Waals surface area contributed by atoms with Gasteiger partial charge in [0.05, 0.1) is 38.9 Å². The van der Waals surface area contributed by atoms with Gasteiger partial charge in [0, 0.05) is 5.56 Å². The molecule has 0 saturated heterocycles. The van der Waals surface area contributed by atoms with Crippen molar-refractivity contribution >= 4 is 11.9 Å². The zero-order valence-corrected chi connectivity index (χ0v) is 25.6. The van der Waals surface area contributed by atoms with Gasteiger partial charge in [-0.1, -0.05) is 0 Å². The summed E-state index contributed by atoms with van der Waals surface area (Å²) in [6, 6.07) is 3.05. The Morgan fingerprint density at radius 2 is 0.556 bits per heavy atom. The molecule has 4 rings (SSSR count). The van der Waals surface area contributed by atoms with Gasteiger partial charge < -0.3 is 10.8 Å². The lowest BCUT2D eigenvalue weighted by Gasteiger charge is -2.16. The van der Waals surface area contributed by atoms with E-state index in [0.29, 0.717) is 24.3 Å². The van der Waals surface area contributed by atoms with Crippen molar-refractivity contribution in [3.05, 3.63) is 117 Å². The van der Waals surface area contributed by atoms with E-state index in [1.165, 1.54) is 0 Å². The number of carboxylic acids is 1. The van der Waals surface area contributed by atoms with Crippen LogP contribution in [0.3, 0.4) is 0 Å². The molecule has 22 heteroatoms. The van der Waals surface area contributed by atoms with Gasteiger partial charge in [-0.05, 0) is 95.1 Å². The molecule has 3 N–H and O–H groups in total.